The summed E-state index contributed by atoms with van der Waals surface area (Å²) in [7, 11) is 3.56. The molecule has 98 valence electrons. The van der Waals surface area contributed by atoms with Crippen molar-refractivity contribution in [2.75, 3.05) is 7.05 Å². The van der Waals surface area contributed by atoms with Crippen LogP contribution in [-0.2, 0) is 17.4 Å². The van der Waals surface area contributed by atoms with Crippen molar-refractivity contribution in [3.05, 3.63) is 30.1 Å². The zero-order chi connectivity index (χ0) is 13.8. The third kappa shape index (κ3) is 1.46. The monoisotopic (exact) mass is 257 g/mol. The number of imidazole rings is 1. The number of aryl methyl sites for hydroxylation is 1. The molecule has 3 rings (SSSR count). The fourth-order valence-corrected chi connectivity index (χ4v) is 2.41. The topological polar surface area (TPSA) is 76.5 Å². The van der Waals surface area contributed by atoms with Crippen molar-refractivity contribution in [1.82, 2.24) is 14.5 Å². The molecule has 0 radical (unpaired) electrons. The number of hydrogen-bond donors (Lipinski definition) is 1. The molecule has 0 aliphatic carbocycles. The van der Waals surface area contributed by atoms with E-state index in [1.54, 1.807) is 20.3 Å². The minimum absolute atomic E-state index is 0.125. The van der Waals surface area contributed by atoms with Gasteiger partial charge in [-0.05, 0) is 24.6 Å². The lowest BCUT2D eigenvalue weighted by Gasteiger charge is -2.20. The van der Waals surface area contributed by atoms with Gasteiger partial charge in [0.25, 0.3) is 5.91 Å². The van der Waals surface area contributed by atoms with Gasteiger partial charge in [-0.3, -0.25) is 9.69 Å². The zero-order valence-electron chi connectivity index (χ0n) is 11.1. The Morgan fingerprint density at radius 2 is 2.05 bits per heavy atom. The van der Waals surface area contributed by atoms with Crippen LogP contribution in [0.25, 0.3) is 11.0 Å². The first kappa shape index (κ1) is 11.7. The molecule has 1 unspecified atom stereocenters. The first-order valence-corrected chi connectivity index (χ1v) is 5.98. The van der Waals surface area contributed by atoms with Crippen LogP contribution in [-0.4, -0.2) is 33.4 Å². The van der Waals surface area contributed by atoms with E-state index in [-0.39, 0.29) is 11.9 Å². The van der Waals surface area contributed by atoms with Gasteiger partial charge in [0.05, 0.1) is 17.4 Å². The first-order chi connectivity index (χ1) is 8.93. The van der Waals surface area contributed by atoms with E-state index in [1.165, 1.54) is 4.90 Å². The molecular formula is C13H15N5O. The normalized spacial score (nSPS) is 23.2. The molecule has 0 fully saturated rings. The summed E-state index contributed by atoms with van der Waals surface area (Å²) >= 11 is 0. The van der Waals surface area contributed by atoms with Crippen LogP contribution >= 0.6 is 0 Å². The second-order valence-corrected chi connectivity index (χ2v) is 4.97. The van der Waals surface area contributed by atoms with Gasteiger partial charge in [-0.1, -0.05) is 6.07 Å². The Balaban J connectivity index is 2.17. The maximum absolute atomic E-state index is 12.3. The fourth-order valence-electron chi connectivity index (χ4n) is 2.41. The minimum Gasteiger partial charge on any atom is -0.369 e. The van der Waals surface area contributed by atoms with E-state index in [9.17, 15) is 4.79 Å². The van der Waals surface area contributed by atoms with Crippen LogP contribution in [0.2, 0.25) is 0 Å². The summed E-state index contributed by atoms with van der Waals surface area (Å²) in [5.41, 5.74) is 7.44. The van der Waals surface area contributed by atoms with Gasteiger partial charge in [-0.2, -0.15) is 0 Å². The average molecular weight is 257 g/mol. The van der Waals surface area contributed by atoms with Crippen LogP contribution in [0.5, 0.6) is 0 Å². The highest BCUT2D eigenvalue weighted by atomic mass is 16.2. The van der Waals surface area contributed by atoms with E-state index >= 15 is 0 Å². The lowest BCUT2D eigenvalue weighted by molar-refractivity contribution is -0.130. The molecule has 0 saturated carbocycles. The number of hydrogen-bond acceptors (Lipinski definition) is 4. The molecule has 0 saturated heterocycles. The number of amides is 1. The standard InChI is InChI=1S/C13H15N5O/c1-13(11(19)18(3)12(14)16-13)8-4-5-10-9(6-8)15-7-17(10)2/h4-7H,1-3H3,(H2,14,16). The summed E-state index contributed by atoms with van der Waals surface area (Å²) < 4.78 is 1.93. The van der Waals surface area contributed by atoms with Crippen molar-refractivity contribution in [2.24, 2.45) is 17.8 Å². The highest BCUT2D eigenvalue weighted by Gasteiger charge is 2.43. The summed E-state index contributed by atoms with van der Waals surface area (Å²) in [4.78, 5) is 22.3. The molecule has 1 aromatic carbocycles. The molecule has 1 aliphatic rings. The van der Waals surface area contributed by atoms with Crippen LogP contribution in [0.4, 0.5) is 0 Å². The SMILES string of the molecule is CN1C(=O)C(C)(c2ccc3c(c2)ncn3C)N=C1N. The Bertz CT molecular complexity index is 717. The fraction of sp³-hybridized carbons (Fsp3) is 0.308. The van der Waals surface area contributed by atoms with E-state index in [0.717, 1.165) is 16.6 Å². The second-order valence-electron chi connectivity index (χ2n) is 4.97. The van der Waals surface area contributed by atoms with Crippen LogP contribution in [0.1, 0.15) is 12.5 Å². The van der Waals surface area contributed by atoms with Gasteiger partial charge in [0.15, 0.2) is 11.5 Å². The minimum atomic E-state index is -0.954. The predicted octanol–water partition coefficient (Wildman–Crippen LogP) is 0.575. The molecule has 1 atom stereocenters. The van der Waals surface area contributed by atoms with Gasteiger partial charge in [0.1, 0.15) is 0 Å². The predicted molar refractivity (Wildman–Crippen MR) is 72.5 cm³/mol. The molecule has 6 heteroatoms. The smallest absolute Gasteiger partial charge is 0.261 e. The van der Waals surface area contributed by atoms with Crippen molar-refractivity contribution in [3.63, 3.8) is 0 Å². The molecule has 1 aromatic heterocycles. The van der Waals surface area contributed by atoms with Crippen molar-refractivity contribution < 1.29 is 4.79 Å². The molecule has 1 aliphatic heterocycles. The maximum atomic E-state index is 12.3. The summed E-state index contributed by atoms with van der Waals surface area (Å²) in [6.45, 7) is 1.77. The van der Waals surface area contributed by atoms with Gasteiger partial charge in [-0.25, -0.2) is 9.98 Å². The summed E-state index contributed by atoms with van der Waals surface area (Å²) in [5, 5.41) is 0. The second kappa shape index (κ2) is 3.57. The number of nitrogens with zero attached hydrogens (tertiary/aromatic N) is 4. The Morgan fingerprint density at radius 3 is 2.68 bits per heavy atom. The Hall–Kier alpha value is -2.37. The van der Waals surface area contributed by atoms with Crippen molar-refractivity contribution in [2.45, 2.75) is 12.5 Å². The number of guanidine groups is 1. The van der Waals surface area contributed by atoms with Gasteiger partial charge < -0.3 is 10.3 Å². The van der Waals surface area contributed by atoms with Crippen LogP contribution in [0.15, 0.2) is 29.5 Å². The largest absolute Gasteiger partial charge is 0.369 e. The molecule has 0 spiro atoms. The molecule has 1 amide bonds. The number of carbonyl (C=O) groups is 1. The third-order valence-electron chi connectivity index (χ3n) is 3.69. The van der Waals surface area contributed by atoms with Gasteiger partial charge in [0, 0.05) is 14.1 Å². The molecule has 6 nitrogen and oxygen atoms in total. The number of rotatable bonds is 1. The molecule has 0 bridgehead atoms. The highest BCUT2D eigenvalue weighted by Crippen LogP contribution is 2.33. The first-order valence-electron chi connectivity index (χ1n) is 5.98. The average Bonchev–Trinajstić information content (AvgIpc) is 2.85. The van der Waals surface area contributed by atoms with E-state index in [4.69, 9.17) is 5.73 Å². The zero-order valence-corrected chi connectivity index (χ0v) is 11.1. The highest BCUT2D eigenvalue weighted by molar-refractivity contribution is 6.06. The lowest BCUT2D eigenvalue weighted by Crippen LogP contribution is -2.38. The van der Waals surface area contributed by atoms with E-state index in [0.29, 0.717) is 0 Å². The van der Waals surface area contributed by atoms with Gasteiger partial charge in [0.2, 0.25) is 0 Å². The van der Waals surface area contributed by atoms with Crippen molar-refractivity contribution >= 4 is 22.9 Å². The molecule has 2 N–H and O–H groups in total. The maximum Gasteiger partial charge on any atom is 0.261 e. The Labute approximate surface area is 110 Å². The Morgan fingerprint density at radius 1 is 1.32 bits per heavy atom. The third-order valence-corrected chi connectivity index (χ3v) is 3.69. The number of fused-ring (bicyclic) bond motifs is 1. The molecular weight excluding hydrogens is 242 g/mol. The van der Waals surface area contributed by atoms with E-state index in [2.05, 4.69) is 9.98 Å². The molecule has 2 aromatic rings. The lowest BCUT2D eigenvalue weighted by atomic mass is 9.92. The van der Waals surface area contributed by atoms with Crippen LogP contribution in [0, 0.1) is 0 Å². The number of aromatic nitrogens is 2. The molecule has 19 heavy (non-hydrogen) atoms. The van der Waals surface area contributed by atoms with Crippen LogP contribution < -0.4 is 5.73 Å². The van der Waals surface area contributed by atoms with Crippen LogP contribution in [0.3, 0.4) is 0 Å². The summed E-state index contributed by atoms with van der Waals surface area (Å²) in [6, 6.07) is 5.74. The van der Waals surface area contributed by atoms with E-state index < -0.39 is 5.54 Å². The Kier molecular flexibility index (Phi) is 2.20. The van der Waals surface area contributed by atoms with Gasteiger partial charge >= 0.3 is 0 Å². The summed E-state index contributed by atoms with van der Waals surface area (Å²) in [6.07, 6.45) is 1.75. The quantitative estimate of drug-likeness (QED) is 0.811. The van der Waals surface area contributed by atoms with Crippen molar-refractivity contribution in [1.29, 1.82) is 0 Å². The number of aliphatic imine (C=N–C) groups is 1. The number of likely N-dealkylation sites (N-methyl/N-ethyl adjacent to an activating group) is 1. The number of carbonyl (C=O) groups excluding carboxylic acids is 1. The molecule has 2 heterocycles. The van der Waals surface area contributed by atoms with Gasteiger partial charge in [-0.15, -0.1) is 0 Å². The van der Waals surface area contributed by atoms with Crippen molar-refractivity contribution in [3.8, 4) is 0 Å². The number of benzene rings is 1. The summed E-state index contributed by atoms with van der Waals surface area (Å²) in [5.74, 6) is 0.119. The van der Waals surface area contributed by atoms with E-state index in [1.807, 2.05) is 29.8 Å². The number of nitrogens with two attached hydrogens (primary N) is 1.